The van der Waals surface area contributed by atoms with E-state index >= 15 is 0 Å². The second-order valence-corrected chi connectivity index (χ2v) is 4.98. The van der Waals surface area contributed by atoms with Crippen molar-refractivity contribution in [3.05, 3.63) is 60.2 Å². The number of hydrogen-bond donors (Lipinski definition) is 1. The first-order chi connectivity index (χ1) is 11.2. The van der Waals surface area contributed by atoms with E-state index in [-0.39, 0.29) is 0 Å². The van der Waals surface area contributed by atoms with Gasteiger partial charge < -0.3 is 10.1 Å². The topological polar surface area (TPSA) is 72.8 Å². The highest BCUT2D eigenvalue weighted by molar-refractivity contribution is 5.56. The van der Waals surface area contributed by atoms with Crippen molar-refractivity contribution < 1.29 is 4.74 Å². The Bertz CT molecular complexity index is 792. The lowest BCUT2D eigenvalue weighted by molar-refractivity contribution is 0.396. The van der Waals surface area contributed by atoms with E-state index in [9.17, 15) is 0 Å². The van der Waals surface area contributed by atoms with Crippen LogP contribution < -0.4 is 10.1 Å². The highest BCUT2D eigenvalue weighted by Gasteiger charge is 2.05. The predicted octanol–water partition coefficient (Wildman–Crippen LogP) is 2.86. The summed E-state index contributed by atoms with van der Waals surface area (Å²) in [5.74, 6) is 2.00. The van der Waals surface area contributed by atoms with Crippen LogP contribution in [-0.2, 0) is 6.54 Å². The number of methoxy groups -OCH3 is 1. The molecule has 23 heavy (non-hydrogen) atoms. The molecule has 1 N–H and O–H groups in total. The van der Waals surface area contributed by atoms with Gasteiger partial charge >= 0.3 is 0 Å². The Kier molecular flexibility index (Phi) is 4.42. The molecule has 0 saturated heterocycles. The number of anilines is 1. The zero-order chi connectivity index (χ0) is 16.1. The SMILES string of the molecule is COc1cccc(CNc2cc(C)nc(-c3cccnc3)n2)n1. The summed E-state index contributed by atoms with van der Waals surface area (Å²) < 4.78 is 5.13. The third kappa shape index (κ3) is 3.79. The van der Waals surface area contributed by atoms with Crippen LogP contribution in [0.3, 0.4) is 0 Å². The molecular formula is C17H17N5O. The van der Waals surface area contributed by atoms with E-state index in [0.29, 0.717) is 18.2 Å². The van der Waals surface area contributed by atoms with E-state index in [0.717, 1.165) is 22.8 Å². The summed E-state index contributed by atoms with van der Waals surface area (Å²) in [6.45, 7) is 2.50. The lowest BCUT2D eigenvalue weighted by Gasteiger charge is -2.09. The maximum Gasteiger partial charge on any atom is 0.213 e. The van der Waals surface area contributed by atoms with Crippen molar-refractivity contribution in [2.45, 2.75) is 13.5 Å². The van der Waals surface area contributed by atoms with Gasteiger partial charge in [-0.1, -0.05) is 6.07 Å². The van der Waals surface area contributed by atoms with Gasteiger partial charge in [-0.05, 0) is 25.1 Å². The number of pyridine rings is 2. The van der Waals surface area contributed by atoms with Crippen molar-refractivity contribution in [2.75, 3.05) is 12.4 Å². The van der Waals surface area contributed by atoms with Crippen LogP contribution in [0.15, 0.2) is 48.8 Å². The molecule has 0 radical (unpaired) electrons. The van der Waals surface area contributed by atoms with E-state index in [1.165, 1.54) is 0 Å². The second kappa shape index (κ2) is 6.83. The number of nitrogens with one attached hydrogen (secondary N) is 1. The van der Waals surface area contributed by atoms with Gasteiger partial charge in [-0.15, -0.1) is 0 Å². The molecular weight excluding hydrogens is 290 g/mol. The van der Waals surface area contributed by atoms with Gasteiger partial charge in [0.05, 0.1) is 19.3 Å². The van der Waals surface area contributed by atoms with Crippen molar-refractivity contribution in [1.82, 2.24) is 19.9 Å². The van der Waals surface area contributed by atoms with Crippen LogP contribution in [0.5, 0.6) is 5.88 Å². The highest BCUT2D eigenvalue weighted by atomic mass is 16.5. The normalized spacial score (nSPS) is 10.3. The average Bonchev–Trinajstić information content (AvgIpc) is 2.60. The summed E-state index contributed by atoms with van der Waals surface area (Å²) in [6, 6.07) is 11.4. The molecule has 3 heterocycles. The van der Waals surface area contributed by atoms with Crippen molar-refractivity contribution in [3.8, 4) is 17.3 Å². The Morgan fingerprint density at radius 1 is 1.09 bits per heavy atom. The summed E-state index contributed by atoms with van der Waals surface area (Å²) in [5, 5.41) is 3.27. The molecule has 0 bridgehead atoms. The molecule has 0 aliphatic heterocycles. The molecule has 3 rings (SSSR count). The van der Waals surface area contributed by atoms with Crippen molar-refractivity contribution in [1.29, 1.82) is 0 Å². The molecule has 0 unspecified atom stereocenters. The fourth-order valence-electron chi connectivity index (χ4n) is 2.13. The van der Waals surface area contributed by atoms with Gasteiger partial charge in [0.1, 0.15) is 5.82 Å². The summed E-state index contributed by atoms with van der Waals surface area (Å²) >= 11 is 0. The molecule has 116 valence electrons. The second-order valence-electron chi connectivity index (χ2n) is 4.98. The molecule has 0 fully saturated rings. The van der Waals surface area contributed by atoms with Crippen LogP contribution in [0.4, 0.5) is 5.82 Å². The van der Waals surface area contributed by atoms with Gasteiger partial charge in [0.25, 0.3) is 0 Å². The Balaban J connectivity index is 1.79. The number of ether oxygens (including phenoxy) is 1. The first-order valence-electron chi connectivity index (χ1n) is 7.24. The van der Waals surface area contributed by atoms with Crippen LogP contribution in [0.25, 0.3) is 11.4 Å². The molecule has 6 heteroatoms. The minimum Gasteiger partial charge on any atom is -0.481 e. The minimum absolute atomic E-state index is 0.556. The number of aromatic nitrogens is 4. The van der Waals surface area contributed by atoms with Crippen LogP contribution in [0.1, 0.15) is 11.4 Å². The van der Waals surface area contributed by atoms with Gasteiger partial charge in [-0.3, -0.25) is 4.98 Å². The lowest BCUT2D eigenvalue weighted by Crippen LogP contribution is -2.05. The van der Waals surface area contributed by atoms with Crippen molar-refractivity contribution >= 4 is 5.82 Å². The van der Waals surface area contributed by atoms with Crippen molar-refractivity contribution in [2.24, 2.45) is 0 Å². The molecule has 0 atom stereocenters. The quantitative estimate of drug-likeness (QED) is 0.781. The van der Waals surface area contributed by atoms with Crippen LogP contribution in [0, 0.1) is 6.92 Å². The third-order valence-electron chi connectivity index (χ3n) is 3.21. The first-order valence-corrected chi connectivity index (χ1v) is 7.24. The first kappa shape index (κ1) is 14.9. The largest absolute Gasteiger partial charge is 0.481 e. The van der Waals surface area contributed by atoms with Crippen LogP contribution in [0.2, 0.25) is 0 Å². The minimum atomic E-state index is 0.556. The van der Waals surface area contributed by atoms with Gasteiger partial charge in [0.15, 0.2) is 5.82 Å². The van der Waals surface area contributed by atoms with E-state index < -0.39 is 0 Å². The van der Waals surface area contributed by atoms with Crippen LogP contribution >= 0.6 is 0 Å². The molecule has 3 aromatic heterocycles. The predicted molar refractivity (Wildman–Crippen MR) is 88.1 cm³/mol. The van der Waals surface area contributed by atoms with E-state index in [4.69, 9.17) is 4.74 Å². The molecule has 0 amide bonds. The summed E-state index contributed by atoms with van der Waals surface area (Å²) in [6.07, 6.45) is 3.48. The maximum atomic E-state index is 5.13. The zero-order valence-electron chi connectivity index (χ0n) is 13.0. The summed E-state index contributed by atoms with van der Waals surface area (Å²) in [4.78, 5) is 17.5. The molecule has 0 aliphatic carbocycles. The monoisotopic (exact) mass is 307 g/mol. The van der Waals surface area contributed by atoms with Crippen LogP contribution in [-0.4, -0.2) is 27.0 Å². The van der Waals surface area contributed by atoms with Gasteiger partial charge in [0.2, 0.25) is 5.88 Å². The van der Waals surface area contributed by atoms with Gasteiger partial charge in [-0.2, -0.15) is 0 Å². The standard InChI is InChI=1S/C17H17N5O/c1-12-9-15(19-11-14-6-3-7-16(21-14)23-2)22-17(20-12)13-5-4-8-18-10-13/h3-10H,11H2,1-2H3,(H,19,20,22). The fourth-order valence-corrected chi connectivity index (χ4v) is 2.13. The summed E-state index contributed by atoms with van der Waals surface area (Å²) in [7, 11) is 1.60. The number of rotatable bonds is 5. The number of nitrogens with zero attached hydrogens (tertiary/aromatic N) is 4. The fraction of sp³-hybridized carbons (Fsp3) is 0.176. The Morgan fingerprint density at radius 3 is 2.78 bits per heavy atom. The zero-order valence-corrected chi connectivity index (χ0v) is 13.0. The Morgan fingerprint density at radius 2 is 2.00 bits per heavy atom. The van der Waals surface area contributed by atoms with Gasteiger partial charge in [-0.25, -0.2) is 15.0 Å². The lowest BCUT2D eigenvalue weighted by atomic mass is 10.2. The average molecular weight is 307 g/mol. The maximum absolute atomic E-state index is 5.13. The molecule has 3 aromatic rings. The van der Waals surface area contributed by atoms with E-state index in [2.05, 4.69) is 25.3 Å². The molecule has 0 saturated carbocycles. The third-order valence-corrected chi connectivity index (χ3v) is 3.21. The molecule has 6 nitrogen and oxygen atoms in total. The van der Waals surface area contributed by atoms with E-state index in [1.54, 1.807) is 19.5 Å². The smallest absolute Gasteiger partial charge is 0.213 e. The highest BCUT2D eigenvalue weighted by Crippen LogP contribution is 2.17. The summed E-state index contributed by atoms with van der Waals surface area (Å²) in [5.41, 5.74) is 2.65. The number of aryl methyl sites for hydroxylation is 1. The Labute approximate surface area is 134 Å². The van der Waals surface area contributed by atoms with Crippen molar-refractivity contribution in [3.63, 3.8) is 0 Å². The van der Waals surface area contributed by atoms with Gasteiger partial charge in [0, 0.05) is 35.8 Å². The number of hydrogen-bond acceptors (Lipinski definition) is 6. The molecule has 0 spiro atoms. The Hall–Kier alpha value is -3.02. The molecule has 0 aliphatic rings. The van der Waals surface area contributed by atoms with E-state index in [1.807, 2.05) is 43.3 Å². The molecule has 0 aromatic carbocycles.